The molecule has 0 aliphatic carbocycles. The van der Waals surface area contributed by atoms with Gasteiger partial charge in [0, 0.05) is 11.3 Å². The number of nitrogens with zero attached hydrogens (tertiary/aromatic N) is 1. The Morgan fingerprint density at radius 1 is 0.833 bits per heavy atom. The zero-order valence-corrected chi connectivity index (χ0v) is 16.6. The number of Topliss-reactive ketones (excluding diaryl/α,β-unsaturated/α-hetero) is 1. The second-order valence-corrected chi connectivity index (χ2v) is 7.42. The van der Waals surface area contributed by atoms with Crippen molar-refractivity contribution in [3.05, 3.63) is 106 Å². The predicted molar refractivity (Wildman–Crippen MR) is 114 cm³/mol. The van der Waals surface area contributed by atoms with Gasteiger partial charge in [0.25, 0.3) is 11.7 Å². The van der Waals surface area contributed by atoms with Crippen LogP contribution in [0.4, 0.5) is 10.1 Å². The molecule has 0 aromatic heterocycles. The Morgan fingerprint density at radius 3 is 1.93 bits per heavy atom. The summed E-state index contributed by atoms with van der Waals surface area (Å²) in [5.74, 6) is -2.21. The van der Waals surface area contributed by atoms with Crippen LogP contribution < -0.4 is 4.90 Å². The number of halogens is 1. The Morgan fingerprint density at radius 2 is 1.37 bits per heavy atom. The van der Waals surface area contributed by atoms with E-state index in [0.29, 0.717) is 16.8 Å². The average molecular weight is 401 g/mol. The highest BCUT2D eigenvalue weighted by atomic mass is 19.1. The molecule has 5 heteroatoms. The quantitative estimate of drug-likeness (QED) is 0.379. The summed E-state index contributed by atoms with van der Waals surface area (Å²) < 4.78 is 13.5. The Balaban J connectivity index is 1.93. The van der Waals surface area contributed by atoms with Gasteiger partial charge in [-0.1, -0.05) is 59.7 Å². The largest absolute Gasteiger partial charge is 0.507 e. The SMILES string of the molecule is Cc1ccc(/C(O)=C2\C(=O)C(=O)N(c3ccc(F)cc3)[C@H]2c2ccc(C)cc2)cc1. The molecule has 1 heterocycles. The van der Waals surface area contributed by atoms with Crippen LogP contribution in [0.5, 0.6) is 0 Å². The van der Waals surface area contributed by atoms with Gasteiger partial charge in [-0.2, -0.15) is 0 Å². The lowest BCUT2D eigenvalue weighted by atomic mass is 9.94. The Kier molecular flexibility index (Phi) is 4.96. The third-order valence-electron chi connectivity index (χ3n) is 5.27. The number of carbonyl (C=O) groups excluding carboxylic acids is 2. The maximum absolute atomic E-state index is 13.5. The number of rotatable bonds is 3. The van der Waals surface area contributed by atoms with Crippen LogP contribution in [0.3, 0.4) is 0 Å². The van der Waals surface area contributed by atoms with Gasteiger partial charge < -0.3 is 5.11 Å². The third kappa shape index (κ3) is 3.39. The molecule has 3 aromatic rings. The first-order chi connectivity index (χ1) is 14.4. The van der Waals surface area contributed by atoms with Gasteiger partial charge in [0.2, 0.25) is 0 Å². The lowest BCUT2D eigenvalue weighted by Crippen LogP contribution is -2.29. The molecule has 0 saturated carbocycles. The van der Waals surface area contributed by atoms with E-state index in [-0.39, 0.29) is 11.3 Å². The topological polar surface area (TPSA) is 57.6 Å². The first kappa shape index (κ1) is 19.6. The van der Waals surface area contributed by atoms with Crippen molar-refractivity contribution < 1.29 is 19.1 Å². The van der Waals surface area contributed by atoms with Crippen LogP contribution in [0, 0.1) is 19.7 Å². The summed E-state index contributed by atoms with van der Waals surface area (Å²) >= 11 is 0. The second kappa shape index (κ2) is 7.59. The van der Waals surface area contributed by atoms with Crippen LogP contribution in [-0.4, -0.2) is 16.8 Å². The number of aryl methyl sites for hydroxylation is 2. The molecule has 1 saturated heterocycles. The number of aliphatic hydroxyl groups excluding tert-OH is 1. The molecule has 1 fully saturated rings. The summed E-state index contributed by atoms with van der Waals surface area (Å²) in [6.07, 6.45) is 0. The Hall–Kier alpha value is -3.73. The van der Waals surface area contributed by atoms with Crippen LogP contribution in [0.1, 0.15) is 28.3 Å². The van der Waals surface area contributed by atoms with Crippen molar-refractivity contribution in [1.82, 2.24) is 0 Å². The maximum Gasteiger partial charge on any atom is 0.300 e. The van der Waals surface area contributed by atoms with E-state index in [9.17, 15) is 19.1 Å². The maximum atomic E-state index is 13.5. The Bertz CT molecular complexity index is 1150. The van der Waals surface area contributed by atoms with E-state index in [1.807, 2.05) is 50.2 Å². The van der Waals surface area contributed by atoms with Gasteiger partial charge in [-0.05, 0) is 43.7 Å². The summed E-state index contributed by atoms with van der Waals surface area (Å²) in [5, 5.41) is 11.0. The number of benzene rings is 3. The summed E-state index contributed by atoms with van der Waals surface area (Å²) in [6, 6.07) is 19.0. The fraction of sp³-hybridized carbons (Fsp3) is 0.120. The van der Waals surface area contributed by atoms with Crippen LogP contribution in [0.25, 0.3) is 5.76 Å². The van der Waals surface area contributed by atoms with E-state index in [2.05, 4.69) is 0 Å². The van der Waals surface area contributed by atoms with Gasteiger partial charge in [0.1, 0.15) is 11.6 Å². The normalized spacial score (nSPS) is 18.1. The molecule has 150 valence electrons. The van der Waals surface area contributed by atoms with E-state index >= 15 is 0 Å². The van der Waals surface area contributed by atoms with Crippen molar-refractivity contribution in [2.24, 2.45) is 0 Å². The molecule has 1 amide bonds. The molecule has 1 atom stereocenters. The minimum Gasteiger partial charge on any atom is -0.507 e. The van der Waals surface area contributed by atoms with E-state index in [4.69, 9.17) is 0 Å². The number of hydrogen-bond donors (Lipinski definition) is 1. The molecular weight excluding hydrogens is 381 g/mol. The van der Waals surface area contributed by atoms with Crippen molar-refractivity contribution in [1.29, 1.82) is 0 Å². The molecule has 4 rings (SSSR count). The van der Waals surface area contributed by atoms with E-state index in [1.165, 1.54) is 29.2 Å². The molecular formula is C25H20FNO3. The smallest absolute Gasteiger partial charge is 0.300 e. The minimum atomic E-state index is -0.822. The molecule has 1 aliphatic rings. The first-order valence-corrected chi connectivity index (χ1v) is 9.57. The second-order valence-electron chi connectivity index (χ2n) is 7.42. The van der Waals surface area contributed by atoms with E-state index in [1.54, 1.807) is 12.1 Å². The standard InChI is InChI=1S/C25H20FNO3/c1-15-3-7-17(8-4-15)22-21(23(28)18-9-5-16(2)6-10-18)24(29)25(30)27(22)20-13-11-19(26)12-14-20/h3-14,22,28H,1-2H3/b23-21+/t22-/m0/s1. The molecule has 0 unspecified atom stereocenters. The van der Waals surface area contributed by atoms with Gasteiger partial charge in [-0.15, -0.1) is 0 Å². The summed E-state index contributed by atoms with van der Waals surface area (Å²) in [5.41, 5.74) is 3.56. The third-order valence-corrected chi connectivity index (χ3v) is 5.27. The highest BCUT2D eigenvalue weighted by molar-refractivity contribution is 6.51. The molecule has 1 aliphatic heterocycles. The first-order valence-electron chi connectivity index (χ1n) is 9.57. The van der Waals surface area contributed by atoms with Gasteiger partial charge >= 0.3 is 0 Å². The van der Waals surface area contributed by atoms with Crippen LogP contribution >= 0.6 is 0 Å². The highest BCUT2D eigenvalue weighted by Gasteiger charge is 2.46. The van der Waals surface area contributed by atoms with Gasteiger partial charge in [0.05, 0.1) is 11.6 Å². The highest BCUT2D eigenvalue weighted by Crippen LogP contribution is 2.42. The fourth-order valence-electron chi connectivity index (χ4n) is 3.63. The zero-order chi connectivity index (χ0) is 21.4. The molecule has 3 aromatic carbocycles. The number of anilines is 1. The van der Waals surface area contributed by atoms with Gasteiger partial charge in [0.15, 0.2) is 0 Å². The van der Waals surface area contributed by atoms with Gasteiger partial charge in [-0.25, -0.2) is 4.39 Å². The van der Waals surface area contributed by atoms with Crippen LogP contribution in [0.2, 0.25) is 0 Å². The van der Waals surface area contributed by atoms with Gasteiger partial charge in [-0.3, -0.25) is 14.5 Å². The lowest BCUT2D eigenvalue weighted by Gasteiger charge is -2.25. The van der Waals surface area contributed by atoms with Crippen molar-refractivity contribution >= 4 is 23.1 Å². The number of aliphatic hydroxyl groups is 1. The lowest BCUT2D eigenvalue weighted by molar-refractivity contribution is -0.132. The zero-order valence-electron chi connectivity index (χ0n) is 16.6. The summed E-state index contributed by atoms with van der Waals surface area (Å²) in [7, 11) is 0. The summed E-state index contributed by atoms with van der Waals surface area (Å²) in [4.78, 5) is 27.3. The predicted octanol–water partition coefficient (Wildman–Crippen LogP) is 5.07. The van der Waals surface area contributed by atoms with E-state index < -0.39 is 23.5 Å². The monoisotopic (exact) mass is 401 g/mol. The van der Waals surface area contributed by atoms with Crippen molar-refractivity contribution in [2.45, 2.75) is 19.9 Å². The van der Waals surface area contributed by atoms with Crippen molar-refractivity contribution in [3.8, 4) is 0 Å². The molecule has 30 heavy (non-hydrogen) atoms. The Labute approximate surface area is 173 Å². The van der Waals surface area contributed by atoms with Crippen LogP contribution in [-0.2, 0) is 9.59 Å². The minimum absolute atomic E-state index is 0.0111. The van der Waals surface area contributed by atoms with Crippen molar-refractivity contribution in [3.63, 3.8) is 0 Å². The molecule has 0 radical (unpaired) electrons. The number of amides is 1. The van der Waals surface area contributed by atoms with Crippen molar-refractivity contribution in [2.75, 3.05) is 4.90 Å². The average Bonchev–Trinajstić information content (AvgIpc) is 3.00. The summed E-state index contributed by atoms with van der Waals surface area (Å²) in [6.45, 7) is 3.86. The number of carbonyl (C=O) groups is 2. The molecule has 4 nitrogen and oxygen atoms in total. The molecule has 1 N–H and O–H groups in total. The number of ketones is 1. The molecule has 0 spiro atoms. The molecule has 0 bridgehead atoms. The fourth-order valence-corrected chi connectivity index (χ4v) is 3.63. The van der Waals surface area contributed by atoms with Crippen LogP contribution in [0.15, 0.2) is 78.4 Å². The van der Waals surface area contributed by atoms with E-state index in [0.717, 1.165) is 11.1 Å². The number of hydrogen-bond acceptors (Lipinski definition) is 3.